The molecule has 8 rings (SSSR count). The number of ether oxygens (including phenoxy) is 2. The van der Waals surface area contributed by atoms with E-state index in [0.717, 1.165) is 22.4 Å². The Balaban J connectivity index is 1.43. The lowest BCUT2D eigenvalue weighted by molar-refractivity contribution is -0.121. The van der Waals surface area contributed by atoms with Crippen LogP contribution in [0.15, 0.2) is 103 Å². The molecule has 4 aromatic rings. The normalized spacial score (nSPS) is 24.5. The first-order chi connectivity index (χ1) is 20.5. The molecule has 0 aromatic heterocycles. The lowest BCUT2D eigenvalue weighted by atomic mass is 9.64. The Morgan fingerprint density at radius 1 is 0.833 bits per heavy atom. The minimum absolute atomic E-state index is 0.0714. The number of Topliss-reactive ketones (excluding diaryl/α,β-unsaturated/α-hetero) is 2. The fourth-order valence-corrected chi connectivity index (χ4v) is 7.39. The van der Waals surface area contributed by atoms with E-state index in [1.807, 2.05) is 78.6 Å². The molecule has 4 atom stereocenters. The molecule has 0 bridgehead atoms. The average molecular weight is 555 g/mol. The van der Waals surface area contributed by atoms with Crippen molar-refractivity contribution in [1.29, 1.82) is 0 Å². The fraction of sp³-hybridized carbons (Fsp3) is 0.171. The summed E-state index contributed by atoms with van der Waals surface area (Å²) in [5.41, 5.74) is 3.64. The molecule has 4 aliphatic heterocycles. The summed E-state index contributed by atoms with van der Waals surface area (Å²) in [4.78, 5) is 46.2. The number of amides is 1. The van der Waals surface area contributed by atoms with Gasteiger partial charge in [-0.3, -0.25) is 14.4 Å². The molecule has 206 valence electrons. The summed E-state index contributed by atoms with van der Waals surface area (Å²) in [5.74, 6) is -0.824. The zero-order valence-corrected chi connectivity index (χ0v) is 22.7. The van der Waals surface area contributed by atoms with E-state index < -0.39 is 23.4 Å². The largest absolute Gasteiger partial charge is 0.454 e. The van der Waals surface area contributed by atoms with E-state index >= 15 is 0 Å². The van der Waals surface area contributed by atoms with Crippen molar-refractivity contribution in [3.8, 4) is 11.5 Å². The van der Waals surface area contributed by atoms with Crippen LogP contribution in [-0.2, 0) is 10.2 Å². The van der Waals surface area contributed by atoms with E-state index in [2.05, 4.69) is 11.4 Å². The summed E-state index contributed by atoms with van der Waals surface area (Å²) in [7, 11) is 0. The number of ketones is 2. The fourth-order valence-electron chi connectivity index (χ4n) is 7.39. The van der Waals surface area contributed by atoms with Crippen LogP contribution in [0, 0.1) is 5.92 Å². The first-order valence-electron chi connectivity index (χ1n) is 14.0. The number of rotatable bonds is 4. The van der Waals surface area contributed by atoms with E-state index in [1.54, 1.807) is 30.3 Å². The van der Waals surface area contributed by atoms with Crippen molar-refractivity contribution < 1.29 is 23.9 Å². The van der Waals surface area contributed by atoms with Gasteiger partial charge in [0, 0.05) is 28.1 Å². The number of nitrogens with one attached hydrogen (secondary N) is 1. The maximum absolute atomic E-state index is 15.0. The maximum atomic E-state index is 15.0. The zero-order valence-electron chi connectivity index (χ0n) is 22.7. The lowest BCUT2D eigenvalue weighted by Crippen LogP contribution is -2.51. The van der Waals surface area contributed by atoms with Crippen molar-refractivity contribution >= 4 is 34.4 Å². The van der Waals surface area contributed by atoms with Crippen molar-refractivity contribution in [2.45, 2.75) is 24.4 Å². The minimum atomic E-state index is -1.37. The number of hydrogen-bond acceptors (Lipinski definition) is 6. The lowest BCUT2D eigenvalue weighted by Gasteiger charge is -2.39. The number of nitrogens with zero attached hydrogens (tertiary/aromatic N) is 1. The van der Waals surface area contributed by atoms with Crippen LogP contribution in [0.1, 0.15) is 38.8 Å². The van der Waals surface area contributed by atoms with Crippen molar-refractivity contribution in [2.24, 2.45) is 5.92 Å². The molecular weight excluding hydrogens is 528 g/mol. The van der Waals surface area contributed by atoms with Crippen LogP contribution in [-0.4, -0.2) is 36.4 Å². The molecule has 1 amide bonds. The van der Waals surface area contributed by atoms with Crippen LogP contribution < -0.4 is 19.7 Å². The Kier molecular flexibility index (Phi) is 5.22. The Bertz CT molecular complexity index is 1850. The van der Waals surface area contributed by atoms with Gasteiger partial charge in [-0.15, -0.1) is 0 Å². The van der Waals surface area contributed by atoms with Crippen molar-refractivity contribution in [2.75, 3.05) is 17.0 Å². The number of carbonyl (C=O) groups is 3. The minimum Gasteiger partial charge on any atom is -0.454 e. The predicted octanol–water partition coefficient (Wildman–Crippen LogP) is 5.66. The first-order valence-corrected chi connectivity index (χ1v) is 14.0. The van der Waals surface area contributed by atoms with E-state index in [0.29, 0.717) is 28.3 Å². The van der Waals surface area contributed by atoms with Gasteiger partial charge in [-0.25, -0.2) is 0 Å². The Morgan fingerprint density at radius 2 is 1.57 bits per heavy atom. The van der Waals surface area contributed by atoms with Gasteiger partial charge in [0.05, 0.1) is 12.0 Å². The summed E-state index contributed by atoms with van der Waals surface area (Å²) in [6.45, 7) is 2.09. The molecule has 0 unspecified atom stereocenters. The summed E-state index contributed by atoms with van der Waals surface area (Å²) in [6, 6.07) is 27.9. The molecule has 7 nitrogen and oxygen atoms in total. The van der Waals surface area contributed by atoms with E-state index in [9.17, 15) is 14.4 Å². The van der Waals surface area contributed by atoms with Crippen molar-refractivity contribution in [3.05, 3.63) is 125 Å². The standard InChI is InChI=1S/C35H26N2O5/c1-20-17-29-35(24-12-6-7-13-25(24)36-34(35)40)30(32(38)22-15-16-27-28(18-22)42-19-41-27)31(33(39)21-9-3-2-4-10-21)37(29)26-14-8-5-11-23(20)26/h2-18,29-31H,19H2,1H3,(H,36,40)/t29-,30+,31+,35-/m1/s1. The SMILES string of the molecule is CC1=C[C@H]2N(c3ccccc31)[C@H](C(=O)c1ccccc1)[C@@H](C(=O)c1ccc3c(c1)OCO3)[C@]21C(=O)Nc2ccccc21. The van der Waals surface area contributed by atoms with Crippen LogP contribution in [0.3, 0.4) is 0 Å². The molecule has 4 aliphatic rings. The van der Waals surface area contributed by atoms with Crippen molar-refractivity contribution in [3.63, 3.8) is 0 Å². The second kappa shape index (κ2) is 8.91. The van der Waals surface area contributed by atoms with Gasteiger partial charge in [-0.05, 0) is 48.4 Å². The second-order valence-corrected chi connectivity index (χ2v) is 11.2. The summed E-state index contributed by atoms with van der Waals surface area (Å²) in [5, 5.41) is 3.08. The summed E-state index contributed by atoms with van der Waals surface area (Å²) >= 11 is 0. The van der Waals surface area contributed by atoms with E-state index in [1.165, 1.54) is 0 Å². The molecule has 1 spiro atoms. The van der Waals surface area contributed by atoms with Crippen LogP contribution in [0.5, 0.6) is 11.5 Å². The number of allylic oxidation sites excluding steroid dienone is 1. The highest BCUT2D eigenvalue weighted by molar-refractivity contribution is 6.18. The molecule has 7 heteroatoms. The second-order valence-electron chi connectivity index (χ2n) is 11.2. The Morgan fingerprint density at radius 3 is 2.43 bits per heavy atom. The van der Waals surface area contributed by atoms with Crippen LogP contribution in [0.4, 0.5) is 11.4 Å². The molecule has 0 aliphatic carbocycles. The molecule has 42 heavy (non-hydrogen) atoms. The number of para-hydroxylation sites is 2. The smallest absolute Gasteiger partial charge is 0.238 e. The van der Waals surface area contributed by atoms with E-state index in [4.69, 9.17) is 9.47 Å². The highest BCUT2D eigenvalue weighted by Gasteiger charge is 2.70. The van der Waals surface area contributed by atoms with Gasteiger partial charge < -0.3 is 19.7 Å². The molecule has 1 N–H and O–H groups in total. The summed E-state index contributed by atoms with van der Waals surface area (Å²) < 4.78 is 11.1. The molecule has 0 saturated carbocycles. The molecule has 4 aromatic carbocycles. The van der Waals surface area contributed by atoms with Crippen LogP contribution in [0.25, 0.3) is 5.57 Å². The van der Waals surface area contributed by atoms with Gasteiger partial charge in [0.2, 0.25) is 12.7 Å². The highest BCUT2D eigenvalue weighted by atomic mass is 16.7. The number of fused-ring (bicyclic) bond motifs is 7. The van der Waals surface area contributed by atoms with Gasteiger partial charge in [-0.1, -0.05) is 72.8 Å². The number of benzene rings is 4. The van der Waals surface area contributed by atoms with Gasteiger partial charge in [-0.2, -0.15) is 0 Å². The van der Waals surface area contributed by atoms with Crippen LogP contribution >= 0.6 is 0 Å². The summed E-state index contributed by atoms with van der Waals surface area (Å²) in [6.07, 6.45) is 2.06. The molecule has 0 radical (unpaired) electrons. The Labute approximate surface area is 242 Å². The third-order valence-corrected chi connectivity index (χ3v) is 9.15. The number of anilines is 2. The number of carbonyl (C=O) groups excluding carboxylic acids is 3. The monoisotopic (exact) mass is 554 g/mol. The van der Waals surface area contributed by atoms with Crippen LogP contribution in [0.2, 0.25) is 0 Å². The quantitative estimate of drug-likeness (QED) is 0.328. The molecule has 4 heterocycles. The van der Waals surface area contributed by atoms with Crippen molar-refractivity contribution in [1.82, 2.24) is 0 Å². The molecular formula is C35H26N2O5. The zero-order chi connectivity index (χ0) is 28.6. The highest BCUT2D eigenvalue weighted by Crippen LogP contribution is 2.59. The topological polar surface area (TPSA) is 84.9 Å². The third-order valence-electron chi connectivity index (χ3n) is 9.15. The maximum Gasteiger partial charge on any atom is 0.238 e. The van der Waals surface area contributed by atoms with Gasteiger partial charge in [0.15, 0.2) is 23.1 Å². The third kappa shape index (κ3) is 3.19. The van der Waals surface area contributed by atoms with E-state index in [-0.39, 0.29) is 24.3 Å². The van der Waals surface area contributed by atoms with Gasteiger partial charge in [0.25, 0.3) is 0 Å². The first kappa shape index (κ1) is 24.6. The number of hydrogen-bond donors (Lipinski definition) is 1. The Hall–Kier alpha value is -5.17. The van der Waals surface area contributed by atoms with Gasteiger partial charge in [0.1, 0.15) is 11.5 Å². The molecule has 1 fully saturated rings. The van der Waals surface area contributed by atoms with Gasteiger partial charge >= 0.3 is 0 Å². The molecule has 1 saturated heterocycles. The predicted molar refractivity (Wildman–Crippen MR) is 158 cm³/mol. The average Bonchev–Trinajstić information content (AvgIpc) is 3.70.